The molecule has 21 heavy (non-hydrogen) atoms. The van der Waals surface area contributed by atoms with Crippen LogP contribution in [0.15, 0.2) is 35.8 Å². The monoisotopic (exact) mass is 299 g/mol. The largest absolute Gasteiger partial charge is 0.341 e. The fraction of sp³-hybridized carbons (Fsp3) is 0.353. The number of hydrogen-bond acceptors (Lipinski definition) is 3. The lowest BCUT2D eigenvalue weighted by atomic mass is 10.2. The molecule has 4 heteroatoms. The van der Waals surface area contributed by atoms with Crippen LogP contribution in [0, 0.1) is 0 Å². The zero-order valence-electron chi connectivity index (χ0n) is 12.6. The minimum atomic E-state index is 0.852. The summed E-state index contributed by atoms with van der Waals surface area (Å²) in [5.74, 6) is 0. The van der Waals surface area contributed by atoms with Crippen molar-refractivity contribution < 1.29 is 0 Å². The van der Waals surface area contributed by atoms with E-state index in [1.807, 2.05) is 7.05 Å². The molecular formula is C17H21N3S. The molecule has 2 aromatic heterocycles. The summed E-state index contributed by atoms with van der Waals surface area (Å²) in [6, 6.07) is 8.59. The van der Waals surface area contributed by atoms with Crippen LogP contribution in [0.1, 0.15) is 29.6 Å². The molecule has 1 N–H and O–H groups in total. The summed E-state index contributed by atoms with van der Waals surface area (Å²) in [4.78, 5) is 4.74. The molecule has 0 aliphatic rings. The summed E-state index contributed by atoms with van der Waals surface area (Å²) in [6.45, 7) is 3.95. The van der Waals surface area contributed by atoms with E-state index in [9.17, 15) is 0 Å². The lowest BCUT2D eigenvalue weighted by Crippen LogP contribution is -2.04. The molecule has 3 nitrogen and oxygen atoms in total. The Balaban J connectivity index is 1.92. The van der Waals surface area contributed by atoms with Crippen molar-refractivity contribution in [3.63, 3.8) is 0 Å². The Hall–Kier alpha value is -1.65. The van der Waals surface area contributed by atoms with Crippen LogP contribution in [-0.2, 0) is 19.5 Å². The summed E-state index contributed by atoms with van der Waals surface area (Å²) >= 11 is 1.78. The average molecular weight is 299 g/mol. The number of nitrogens with one attached hydrogen (secondary N) is 1. The Labute approximate surface area is 129 Å². The molecule has 2 heterocycles. The van der Waals surface area contributed by atoms with Crippen molar-refractivity contribution in [2.45, 2.75) is 32.9 Å². The predicted molar refractivity (Wildman–Crippen MR) is 89.9 cm³/mol. The molecule has 0 amide bonds. The number of thiazole rings is 1. The van der Waals surface area contributed by atoms with Crippen molar-refractivity contribution in [3.8, 4) is 0 Å². The topological polar surface area (TPSA) is 29.9 Å². The smallest absolute Gasteiger partial charge is 0.0928 e. The van der Waals surface area contributed by atoms with E-state index < -0.39 is 0 Å². The van der Waals surface area contributed by atoms with E-state index in [-0.39, 0.29) is 0 Å². The standard InChI is InChI=1S/C17H21N3S/c1-3-6-17-19-14(12-21-17)11-20-10-13(9-18-2)15-7-4-5-8-16(15)20/h4-5,7-8,10,12,18H,3,6,9,11H2,1-2H3. The van der Waals surface area contributed by atoms with Crippen LogP contribution in [0.5, 0.6) is 0 Å². The van der Waals surface area contributed by atoms with Gasteiger partial charge in [0.15, 0.2) is 0 Å². The molecule has 0 atom stereocenters. The van der Waals surface area contributed by atoms with E-state index in [2.05, 4.69) is 52.7 Å². The Kier molecular flexibility index (Phi) is 4.36. The number of aryl methyl sites for hydroxylation is 1. The van der Waals surface area contributed by atoms with Gasteiger partial charge in [-0.15, -0.1) is 11.3 Å². The van der Waals surface area contributed by atoms with Crippen molar-refractivity contribution in [3.05, 3.63) is 52.1 Å². The lowest BCUT2D eigenvalue weighted by molar-refractivity contribution is 0.780. The van der Waals surface area contributed by atoms with Gasteiger partial charge in [-0.05, 0) is 31.5 Å². The van der Waals surface area contributed by atoms with Gasteiger partial charge >= 0.3 is 0 Å². The van der Waals surface area contributed by atoms with Crippen molar-refractivity contribution in [2.24, 2.45) is 0 Å². The van der Waals surface area contributed by atoms with E-state index in [4.69, 9.17) is 4.98 Å². The molecule has 0 bridgehead atoms. The van der Waals surface area contributed by atoms with E-state index >= 15 is 0 Å². The number of nitrogens with zero attached hydrogens (tertiary/aromatic N) is 2. The highest BCUT2D eigenvalue weighted by molar-refractivity contribution is 7.09. The first-order valence-electron chi connectivity index (χ1n) is 7.46. The highest BCUT2D eigenvalue weighted by atomic mass is 32.1. The zero-order chi connectivity index (χ0) is 14.7. The number of aromatic nitrogens is 2. The summed E-state index contributed by atoms with van der Waals surface area (Å²) in [6.07, 6.45) is 4.49. The molecule has 0 aliphatic carbocycles. The van der Waals surface area contributed by atoms with Gasteiger partial charge in [0.25, 0.3) is 0 Å². The van der Waals surface area contributed by atoms with E-state index in [0.29, 0.717) is 0 Å². The summed E-state index contributed by atoms with van der Waals surface area (Å²) < 4.78 is 2.31. The lowest BCUT2D eigenvalue weighted by Gasteiger charge is -2.02. The van der Waals surface area contributed by atoms with Crippen molar-refractivity contribution in [2.75, 3.05) is 7.05 Å². The first-order chi connectivity index (χ1) is 10.3. The first-order valence-corrected chi connectivity index (χ1v) is 8.34. The van der Waals surface area contributed by atoms with Crippen LogP contribution >= 0.6 is 11.3 Å². The SMILES string of the molecule is CCCc1nc(Cn2cc(CNC)c3ccccc32)cs1. The van der Waals surface area contributed by atoms with Gasteiger partial charge < -0.3 is 9.88 Å². The second-order valence-electron chi connectivity index (χ2n) is 5.31. The molecule has 0 aliphatic heterocycles. The van der Waals surface area contributed by atoms with Gasteiger partial charge in [-0.1, -0.05) is 25.1 Å². The molecule has 0 spiro atoms. The van der Waals surface area contributed by atoms with Crippen LogP contribution in [0.2, 0.25) is 0 Å². The Bertz CT molecular complexity index is 727. The number of hydrogen-bond donors (Lipinski definition) is 1. The van der Waals surface area contributed by atoms with Crippen LogP contribution in [0.3, 0.4) is 0 Å². The van der Waals surface area contributed by atoms with Gasteiger partial charge in [-0.3, -0.25) is 0 Å². The maximum absolute atomic E-state index is 4.74. The molecule has 3 aromatic rings. The van der Waals surface area contributed by atoms with Crippen molar-refractivity contribution in [1.82, 2.24) is 14.9 Å². The molecule has 0 unspecified atom stereocenters. The van der Waals surface area contributed by atoms with Crippen LogP contribution in [0.4, 0.5) is 0 Å². The fourth-order valence-corrected chi connectivity index (χ4v) is 3.60. The summed E-state index contributed by atoms with van der Waals surface area (Å²) in [7, 11) is 1.99. The van der Waals surface area contributed by atoms with Crippen LogP contribution < -0.4 is 5.32 Å². The normalized spacial score (nSPS) is 11.3. The molecule has 0 radical (unpaired) electrons. The maximum Gasteiger partial charge on any atom is 0.0928 e. The minimum absolute atomic E-state index is 0.852. The Morgan fingerprint density at radius 2 is 2.14 bits per heavy atom. The van der Waals surface area contributed by atoms with Gasteiger partial charge in [0.1, 0.15) is 0 Å². The maximum atomic E-state index is 4.74. The van der Waals surface area contributed by atoms with Crippen molar-refractivity contribution in [1.29, 1.82) is 0 Å². The highest BCUT2D eigenvalue weighted by Crippen LogP contribution is 2.23. The molecule has 0 fully saturated rings. The Morgan fingerprint density at radius 3 is 2.95 bits per heavy atom. The summed E-state index contributed by atoms with van der Waals surface area (Å²) in [5, 5.41) is 8.02. The molecule has 1 aromatic carbocycles. The molecule has 0 saturated heterocycles. The first kappa shape index (κ1) is 14.3. The zero-order valence-corrected chi connectivity index (χ0v) is 13.4. The Morgan fingerprint density at radius 1 is 1.29 bits per heavy atom. The van der Waals surface area contributed by atoms with Crippen LogP contribution in [0.25, 0.3) is 10.9 Å². The van der Waals surface area contributed by atoms with E-state index in [1.54, 1.807) is 11.3 Å². The van der Waals surface area contributed by atoms with E-state index in [0.717, 1.165) is 25.9 Å². The van der Waals surface area contributed by atoms with Gasteiger partial charge in [0.05, 0.1) is 17.2 Å². The quantitative estimate of drug-likeness (QED) is 0.750. The number of para-hydroxylation sites is 1. The van der Waals surface area contributed by atoms with Crippen molar-refractivity contribution >= 4 is 22.2 Å². The van der Waals surface area contributed by atoms with Gasteiger partial charge in [-0.25, -0.2) is 4.98 Å². The number of rotatable bonds is 6. The minimum Gasteiger partial charge on any atom is -0.341 e. The third-order valence-corrected chi connectivity index (χ3v) is 4.59. The fourth-order valence-electron chi connectivity index (χ4n) is 2.71. The third-order valence-electron chi connectivity index (χ3n) is 3.63. The van der Waals surface area contributed by atoms with Gasteiger partial charge in [0.2, 0.25) is 0 Å². The van der Waals surface area contributed by atoms with Gasteiger partial charge in [-0.2, -0.15) is 0 Å². The number of fused-ring (bicyclic) bond motifs is 1. The molecule has 3 rings (SSSR count). The molecule has 0 saturated carbocycles. The molecule has 110 valence electrons. The summed E-state index contributed by atoms with van der Waals surface area (Å²) in [5.41, 5.74) is 3.80. The van der Waals surface area contributed by atoms with Gasteiger partial charge in [0, 0.05) is 29.0 Å². The molecular weight excluding hydrogens is 278 g/mol. The second kappa shape index (κ2) is 6.41. The third kappa shape index (κ3) is 3.01. The predicted octanol–water partition coefficient (Wildman–Crippen LogP) is 3.82. The van der Waals surface area contributed by atoms with E-state index in [1.165, 1.54) is 27.2 Å². The number of benzene rings is 1. The van der Waals surface area contributed by atoms with Crippen LogP contribution in [-0.4, -0.2) is 16.6 Å². The average Bonchev–Trinajstić information content (AvgIpc) is 3.07. The second-order valence-corrected chi connectivity index (χ2v) is 6.25. The highest BCUT2D eigenvalue weighted by Gasteiger charge is 2.09.